The zero-order chi connectivity index (χ0) is 9.66. The molecule has 0 saturated carbocycles. The molecule has 12 heavy (non-hydrogen) atoms. The summed E-state index contributed by atoms with van der Waals surface area (Å²) in [7, 11) is 0. The molecule has 0 amide bonds. The van der Waals surface area contributed by atoms with Crippen LogP contribution in [0, 0.1) is 11.3 Å². The topological polar surface area (TPSA) is 75.8 Å². The fourth-order valence-corrected chi connectivity index (χ4v) is 0.819. The van der Waals surface area contributed by atoms with E-state index in [9.17, 15) is 0 Å². The Bertz CT molecular complexity index is 90.4. The molecule has 3 nitrogen and oxygen atoms in total. The summed E-state index contributed by atoms with van der Waals surface area (Å²) in [5, 5.41) is 7.32. The van der Waals surface area contributed by atoms with E-state index in [4.69, 9.17) is 16.7 Å². The van der Waals surface area contributed by atoms with Crippen molar-refractivity contribution in [2.24, 2.45) is 11.5 Å². The minimum atomic E-state index is 0.836. The first kappa shape index (κ1) is 14.0. The molecule has 0 aromatic carbocycles. The van der Waals surface area contributed by atoms with Gasteiger partial charge in [-0.2, -0.15) is 5.26 Å². The maximum atomic E-state index is 7.32. The van der Waals surface area contributed by atoms with Crippen molar-refractivity contribution in [1.82, 2.24) is 0 Å². The highest BCUT2D eigenvalue weighted by Gasteiger charge is 1.85. The second-order valence-electron chi connectivity index (χ2n) is 2.57. The van der Waals surface area contributed by atoms with Crippen LogP contribution in [0.3, 0.4) is 0 Å². The van der Waals surface area contributed by atoms with Crippen molar-refractivity contribution in [3.8, 4) is 6.07 Å². The van der Waals surface area contributed by atoms with Crippen LogP contribution in [0.4, 0.5) is 0 Å². The minimum absolute atomic E-state index is 0.836. The normalized spacial score (nSPS) is 8.17. The molecule has 0 atom stereocenters. The maximum absolute atomic E-state index is 7.32. The van der Waals surface area contributed by atoms with Gasteiger partial charge in [-0.05, 0) is 25.9 Å². The fourth-order valence-electron chi connectivity index (χ4n) is 0.819. The van der Waals surface area contributed by atoms with E-state index < -0.39 is 0 Å². The monoisotopic (exact) mass is 171 g/mol. The van der Waals surface area contributed by atoms with Crippen molar-refractivity contribution >= 4 is 0 Å². The Balaban J connectivity index is 0. The minimum Gasteiger partial charge on any atom is -0.330 e. The molecule has 0 rings (SSSR count). The van der Waals surface area contributed by atoms with Crippen LogP contribution >= 0.6 is 0 Å². The van der Waals surface area contributed by atoms with E-state index in [1.54, 1.807) is 6.07 Å². The molecule has 0 aliphatic heterocycles. The molecule has 0 heterocycles. The number of nitrogens with zero attached hydrogens (tertiary/aromatic N) is 1. The van der Waals surface area contributed by atoms with Crippen LogP contribution in [0.25, 0.3) is 0 Å². The molecule has 0 bridgehead atoms. The van der Waals surface area contributed by atoms with Gasteiger partial charge >= 0.3 is 0 Å². The summed E-state index contributed by atoms with van der Waals surface area (Å²) in [6.45, 7) is 3.10. The van der Waals surface area contributed by atoms with Crippen molar-refractivity contribution < 1.29 is 0 Å². The molecule has 72 valence electrons. The molecule has 4 N–H and O–H groups in total. The lowest BCUT2D eigenvalue weighted by Crippen LogP contribution is -1.99. The summed E-state index contributed by atoms with van der Waals surface area (Å²) in [5.41, 5.74) is 10.6. The molecule has 0 unspecified atom stereocenters. The van der Waals surface area contributed by atoms with Gasteiger partial charge in [0.25, 0.3) is 0 Å². The van der Waals surface area contributed by atoms with Gasteiger partial charge in [-0.1, -0.05) is 19.3 Å². The number of hydrogen-bond donors (Lipinski definition) is 2. The van der Waals surface area contributed by atoms with Gasteiger partial charge in [0.15, 0.2) is 0 Å². The van der Waals surface area contributed by atoms with Crippen LogP contribution in [0.5, 0.6) is 0 Å². The van der Waals surface area contributed by atoms with Gasteiger partial charge in [0, 0.05) is 6.92 Å². The van der Waals surface area contributed by atoms with Crippen molar-refractivity contribution in [3.63, 3.8) is 0 Å². The Kier molecular flexibility index (Phi) is 19.5. The Morgan fingerprint density at radius 2 is 1.17 bits per heavy atom. The first-order chi connectivity index (χ1) is 5.83. The van der Waals surface area contributed by atoms with Gasteiger partial charge in [-0.25, -0.2) is 0 Å². The molecule has 0 saturated heterocycles. The Morgan fingerprint density at radius 3 is 1.42 bits per heavy atom. The van der Waals surface area contributed by atoms with Crippen LogP contribution in [-0.4, -0.2) is 13.1 Å². The molecule has 0 aliphatic rings. The van der Waals surface area contributed by atoms with Gasteiger partial charge in [0.05, 0.1) is 6.07 Å². The third kappa shape index (κ3) is 22.7. The highest BCUT2D eigenvalue weighted by atomic mass is 14.5. The molecule has 0 aliphatic carbocycles. The van der Waals surface area contributed by atoms with Gasteiger partial charge in [0.2, 0.25) is 0 Å². The third-order valence-electron chi connectivity index (χ3n) is 1.41. The van der Waals surface area contributed by atoms with Gasteiger partial charge in [-0.3, -0.25) is 0 Å². The van der Waals surface area contributed by atoms with E-state index >= 15 is 0 Å². The molecule has 0 radical (unpaired) electrons. The van der Waals surface area contributed by atoms with Crippen LogP contribution in [0.15, 0.2) is 0 Å². The van der Waals surface area contributed by atoms with E-state index in [1.165, 1.54) is 39.0 Å². The summed E-state index contributed by atoms with van der Waals surface area (Å²) < 4.78 is 0. The first-order valence-electron chi connectivity index (χ1n) is 4.54. The zero-order valence-corrected chi connectivity index (χ0v) is 8.05. The molecule has 0 aromatic heterocycles. The lowest BCUT2D eigenvalue weighted by molar-refractivity contribution is 0.623. The van der Waals surface area contributed by atoms with E-state index in [-0.39, 0.29) is 0 Å². The van der Waals surface area contributed by atoms with Crippen molar-refractivity contribution in [2.45, 2.75) is 39.0 Å². The van der Waals surface area contributed by atoms with Crippen molar-refractivity contribution in [3.05, 3.63) is 0 Å². The van der Waals surface area contributed by atoms with E-state index in [2.05, 4.69) is 0 Å². The van der Waals surface area contributed by atoms with Crippen LogP contribution in [0.1, 0.15) is 39.0 Å². The SMILES string of the molecule is CC#N.NCCCCCCCN. The summed E-state index contributed by atoms with van der Waals surface area (Å²) >= 11 is 0. The van der Waals surface area contributed by atoms with Gasteiger partial charge < -0.3 is 11.5 Å². The third-order valence-corrected chi connectivity index (χ3v) is 1.41. The Hall–Kier alpha value is -0.590. The van der Waals surface area contributed by atoms with Crippen LogP contribution in [0.2, 0.25) is 0 Å². The molecule has 0 aromatic rings. The summed E-state index contributed by atoms with van der Waals surface area (Å²) in [4.78, 5) is 0. The fraction of sp³-hybridized carbons (Fsp3) is 0.889. The average Bonchev–Trinajstić information content (AvgIpc) is 2.06. The predicted octanol–water partition coefficient (Wildman–Crippen LogP) is 1.38. The number of nitrogens with two attached hydrogens (primary N) is 2. The van der Waals surface area contributed by atoms with Crippen molar-refractivity contribution in [1.29, 1.82) is 5.26 Å². The van der Waals surface area contributed by atoms with E-state index in [1.807, 2.05) is 0 Å². The standard InChI is InChI=1S/C7H18N2.C2H3N/c8-6-4-2-1-3-5-7-9;1-2-3/h1-9H2;1H3. The lowest BCUT2D eigenvalue weighted by atomic mass is 10.1. The number of nitriles is 1. The Labute approximate surface area is 75.7 Å². The maximum Gasteiger partial charge on any atom is 0.0587 e. The second kappa shape index (κ2) is 16.8. The van der Waals surface area contributed by atoms with Crippen LogP contribution < -0.4 is 11.5 Å². The zero-order valence-electron chi connectivity index (χ0n) is 8.05. The number of hydrogen-bond acceptors (Lipinski definition) is 3. The molecule has 3 heteroatoms. The summed E-state index contributed by atoms with van der Waals surface area (Å²) in [5.74, 6) is 0. The van der Waals surface area contributed by atoms with Gasteiger partial charge in [-0.15, -0.1) is 0 Å². The lowest BCUT2D eigenvalue weighted by Gasteiger charge is -1.96. The summed E-state index contributed by atoms with van der Waals surface area (Å²) in [6.07, 6.45) is 6.19. The predicted molar refractivity (Wildman–Crippen MR) is 52.5 cm³/mol. The van der Waals surface area contributed by atoms with E-state index in [0.717, 1.165) is 13.1 Å². The van der Waals surface area contributed by atoms with Crippen LogP contribution in [-0.2, 0) is 0 Å². The largest absolute Gasteiger partial charge is 0.330 e. The quantitative estimate of drug-likeness (QED) is 0.593. The number of unbranched alkanes of at least 4 members (excludes halogenated alkanes) is 4. The molecular formula is C9H21N3. The van der Waals surface area contributed by atoms with Crippen molar-refractivity contribution in [2.75, 3.05) is 13.1 Å². The first-order valence-corrected chi connectivity index (χ1v) is 4.54. The van der Waals surface area contributed by atoms with E-state index in [0.29, 0.717) is 0 Å². The number of rotatable bonds is 6. The highest BCUT2D eigenvalue weighted by molar-refractivity contribution is 4.51. The Morgan fingerprint density at radius 1 is 0.917 bits per heavy atom. The van der Waals surface area contributed by atoms with Gasteiger partial charge in [0.1, 0.15) is 0 Å². The molecular weight excluding hydrogens is 150 g/mol. The average molecular weight is 171 g/mol. The smallest absolute Gasteiger partial charge is 0.0587 e. The summed E-state index contributed by atoms with van der Waals surface area (Å²) in [6, 6.07) is 1.75. The molecule has 0 spiro atoms. The second-order valence-corrected chi connectivity index (χ2v) is 2.57. The molecule has 0 fully saturated rings. The highest BCUT2D eigenvalue weighted by Crippen LogP contribution is 1.99.